The molecule has 0 atom stereocenters. The fraction of sp³-hybridized carbons (Fsp3) is 0.200. The normalized spacial score (nSPS) is 15.6. The van der Waals surface area contributed by atoms with Gasteiger partial charge >= 0.3 is 5.97 Å². The molecule has 0 aliphatic carbocycles. The molecule has 7 heteroatoms. The standard InChI is InChI=1S/C40H35B2NO4/c1-2-3-4-7-16-31-24-34(37-39-38(46-21-22-47-39)35(42-37)25-32(26-43)40(44)45)41-36(31)30-19-17-27(18-20-30)23-33(28-12-8-5-9-13-28)29-14-10-6-11-15-29/h5-6,8-15,17-20,23-25H,2-4,7,16,21-22H2,1H3,(H,44,45)/b32-25-. The molecule has 0 aromatic heterocycles. The van der Waals surface area contributed by atoms with E-state index in [-0.39, 0.29) is 5.57 Å². The first-order valence-electron chi connectivity index (χ1n) is 16.2. The van der Waals surface area contributed by atoms with Crippen molar-refractivity contribution in [3.05, 3.63) is 158 Å². The van der Waals surface area contributed by atoms with Crippen LogP contribution >= 0.6 is 0 Å². The lowest BCUT2D eigenvalue weighted by Crippen LogP contribution is -2.15. The van der Waals surface area contributed by atoms with Crippen LogP contribution in [0.3, 0.4) is 0 Å². The quantitative estimate of drug-likeness (QED) is 0.0730. The second-order valence-electron chi connectivity index (χ2n) is 11.7. The average Bonchev–Trinajstić information content (AvgIpc) is 3.70. The summed E-state index contributed by atoms with van der Waals surface area (Å²) < 4.78 is 12.0. The van der Waals surface area contributed by atoms with Crippen molar-refractivity contribution in [1.29, 1.82) is 5.26 Å². The van der Waals surface area contributed by atoms with Gasteiger partial charge in [-0.1, -0.05) is 134 Å². The summed E-state index contributed by atoms with van der Waals surface area (Å²) in [5.74, 6) is -0.200. The molecule has 230 valence electrons. The molecule has 6 rings (SSSR count). The molecule has 47 heavy (non-hydrogen) atoms. The van der Waals surface area contributed by atoms with Crippen molar-refractivity contribution in [1.82, 2.24) is 0 Å². The molecule has 1 fully saturated rings. The number of benzene rings is 3. The molecular weight excluding hydrogens is 580 g/mol. The van der Waals surface area contributed by atoms with Gasteiger partial charge in [-0.25, -0.2) is 4.79 Å². The van der Waals surface area contributed by atoms with Crippen molar-refractivity contribution in [3.63, 3.8) is 0 Å². The fourth-order valence-corrected chi connectivity index (χ4v) is 6.16. The third kappa shape index (κ3) is 7.28. The number of carboxylic acid groups (broad SMARTS) is 1. The van der Waals surface area contributed by atoms with Crippen molar-refractivity contribution < 1.29 is 19.4 Å². The highest BCUT2D eigenvalue weighted by molar-refractivity contribution is 6.75. The van der Waals surface area contributed by atoms with Crippen LogP contribution in [-0.4, -0.2) is 38.8 Å². The fourth-order valence-electron chi connectivity index (χ4n) is 6.16. The second kappa shape index (κ2) is 14.9. The van der Waals surface area contributed by atoms with Crippen LogP contribution in [0.2, 0.25) is 0 Å². The van der Waals surface area contributed by atoms with Crippen LogP contribution in [-0.2, 0) is 14.3 Å². The molecule has 3 aromatic carbocycles. The minimum absolute atomic E-state index is 0.352. The maximum Gasteiger partial charge on any atom is 0.346 e. The largest absolute Gasteiger partial charge is 0.487 e. The van der Waals surface area contributed by atoms with E-state index < -0.39 is 5.97 Å². The Morgan fingerprint density at radius 1 is 0.830 bits per heavy atom. The lowest BCUT2D eigenvalue weighted by molar-refractivity contribution is -0.132. The number of ether oxygens (including phenoxy) is 2. The van der Waals surface area contributed by atoms with Gasteiger partial charge in [0.2, 0.25) is 7.28 Å². The Kier molecular flexibility index (Phi) is 10.1. The Morgan fingerprint density at radius 2 is 1.49 bits per heavy atom. The van der Waals surface area contributed by atoms with Gasteiger partial charge in [0.05, 0.1) is 0 Å². The number of carbonyl (C=O) groups is 1. The molecule has 3 aromatic rings. The van der Waals surface area contributed by atoms with E-state index in [1.165, 1.54) is 53.1 Å². The summed E-state index contributed by atoms with van der Waals surface area (Å²) in [4.78, 5) is 11.6. The maximum atomic E-state index is 11.6. The smallest absolute Gasteiger partial charge is 0.346 e. The summed E-state index contributed by atoms with van der Waals surface area (Å²) in [6, 6.07) is 31.4. The van der Waals surface area contributed by atoms with E-state index in [0.29, 0.717) is 30.2 Å². The molecule has 2 radical (unpaired) electrons. The molecular formula is C40H35B2NO4. The first-order valence-corrected chi connectivity index (χ1v) is 16.2. The van der Waals surface area contributed by atoms with Gasteiger partial charge in [-0.3, -0.25) is 0 Å². The van der Waals surface area contributed by atoms with Crippen molar-refractivity contribution in [2.24, 2.45) is 0 Å². The molecule has 3 aliphatic rings. The Balaban J connectivity index is 1.30. The monoisotopic (exact) mass is 615 g/mol. The Labute approximate surface area is 278 Å². The number of hydrogen-bond acceptors (Lipinski definition) is 4. The minimum atomic E-state index is -1.27. The van der Waals surface area contributed by atoms with Crippen LogP contribution in [0.1, 0.15) is 61.3 Å². The first-order chi connectivity index (χ1) is 23.1. The van der Waals surface area contributed by atoms with Crippen LogP contribution in [0.25, 0.3) is 17.1 Å². The van der Waals surface area contributed by atoms with E-state index in [1.807, 2.05) is 19.4 Å². The van der Waals surface area contributed by atoms with Gasteiger partial charge in [0.1, 0.15) is 24.9 Å². The van der Waals surface area contributed by atoms with Crippen molar-refractivity contribution in [2.75, 3.05) is 13.2 Å². The molecule has 0 spiro atoms. The molecule has 0 amide bonds. The molecule has 1 saturated heterocycles. The summed E-state index contributed by atoms with van der Waals surface area (Å²) in [6.45, 7) is 2.98. The van der Waals surface area contributed by atoms with Crippen LogP contribution in [0.4, 0.5) is 0 Å². The number of unbranched alkanes of at least 4 members (excludes halogenated alkanes) is 3. The highest BCUT2D eigenvalue weighted by atomic mass is 16.6. The highest BCUT2D eigenvalue weighted by Crippen LogP contribution is 2.40. The Hall–Kier alpha value is -5.21. The van der Waals surface area contributed by atoms with Gasteiger partial charge in [0, 0.05) is 0 Å². The minimum Gasteiger partial charge on any atom is -0.487 e. The number of allylic oxidation sites excluding steroid dienone is 6. The van der Waals surface area contributed by atoms with Gasteiger partial charge in [-0.05, 0) is 63.8 Å². The van der Waals surface area contributed by atoms with Gasteiger partial charge in [-0.2, -0.15) is 5.26 Å². The average molecular weight is 615 g/mol. The van der Waals surface area contributed by atoms with Crippen LogP contribution in [0.15, 0.2) is 136 Å². The number of aliphatic carboxylic acids is 1. The van der Waals surface area contributed by atoms with Crippen LogP contribution in [0.5, 0.6) is 0 Å². The summed E-state index contributed by atoms with van der Waals surface area (Å²) in [5.41, 5.74) is 10.2. The predicted molar refractivity (Wildman–Crippen MR) is 189 cm³/mol. The predicted octanol–water partition coefficient (Wildman–Crippen LogP) is 8.28. The number of nitrogens with zero attached hydrogens (tertiary/aromatic N) is 1. The van der Waals surface area contributed by atoms with E-state index >= 15 is 0 Å². The van der Waals surface area contributed by atoms with Crippen molar-refractivity contribution in [3.8, 4) is 6.07 Å². The summed E-state index contributed by atoms with van der Waals surface area (Å²) in [5, 5.41) is 18.8. The Morgan fingerprint density at radius 3 is 2.11 bits per heavy atom. The van der Waals surface area contributed by atoms with Crippen molar-refractivity contribution in [2.45, 2.75) is 39.0 Å². The van der Waals surface area contributed by atoms with Crippen molar-refractivity contribution >= 4 is 37.6 Å². The summed E-state index contributed by atoms with van der Waals surface area (Å²) >= 11 is 0. The highest BCUT2D eigenvalue weighted by Gasteiger charge is 2.34. The number of hydrogen-bond donors (Lipinski definition) is 1. The zero-order valence-electron chi connectivity index (χ0n) is 26.5. The SMILES string of the molecule is CCCCCCC1=C(c2ccc(C=C(c3ccccc3)c3ccccc3)cc2)[B]C(C2=C3OCCOC3=C(/C=C(/C#N)C(=O)O)[B]2)=C1. The number of carboxylic acids is 1. The molecule has 0 saturated carbocycles. The van der Waals surface area contributed by atoms with E-state index in [0.717, 1.165) is 34.9 Å². The third-order valence-corrected chi connectivity index (χ3v) is 8.53. The van der Waals surface area contributed by atoms with Gasteiger partial charge in [-0.15, -0.1) is 0 Å². The van der Waals surface area contributed by atoms with Crippen LogP contribution in [0, 0.1) is 11.3 Å². The molecule has 3 aliphatic heterocycles. The lowest BCUT2D eigenvalue weighted by atomic mass is 9.52. The topological polar surface area (TPSA) is 79.5 Å². The molecule has 3 heterocycles. The van der Waals surface area contributed by atoms with Gasteiger partial charge < -0.3 is 14.6 Å². The Bertz CT molecular complexity index is 1830. The number of fused-ring (bicyclic) bond motifs is 1. The van der Waals surface area contributed by atoms with E-state index in [4.69, 9.17) is 9.47 Å². The summed E-state index contributed by atoms with van der Waals surface area (Å²) in [7, 11) is 4.07. The van der Waals surface area contributed by atoms with Crippen LogP contribution < -0.4 is 0 Å². The second-order valence-corrected chi connectivity index (χ2v) is 11.7. The van der Waals surface area contributed by atoms with E-state index in [9.17, 15) is 15.2 Å². The van der Waals surface area contributed by atoms with E-state index in [1.54, 1.807) is 6.07 Å². The zero-order valence-corrected chi connectivity index (χ0v) is 26.5. The number of nitriles is 1. The maximum absolute atomic E-state index is 11.6. The van der Waals surface area contributed by atoms with E-state index in [2.05, 4.69) is 99.2 Å². The molecule has 1 N–H and O–H groups in total. The number of rotatable bonds is 12. The first kappa shape index (κ1) is 31.8. The van der Waals surface area contributed by atoms with Gasteiger partial charge in [0.15, 0.2) is 18.8 Å². The third-order valence-electron chi connectivity index (χ3n) is 8.53. The molecule has 5 nitrogen and oxygen atoms in total. The summed E-state index contributed by atoms with van der Waals surface area (Å²) in [6.07, 6.45) is 11.4. The van der Waals surface area contributed by atoms with Gasteiger partial charge in [0.25, 0.3) is 0 Å². The molecule has 0 bridgehead atoms. The zero-order chi connectivity index (χ0) is 32.6. The lowest BCUT2D eigenvalue weighted by Gasteiger charge is -2.21. The molecule has 0 unspecified atom stereocenters.